The number of esters is 1. The molecule has 1 aliphatic heterocycles. The van der Waals surface area contributed by atoms with Crippen LogP contribution in [0.3, 0.4) is 0 Å². The molecule has 166 valence electrons. The summed E-state index contributed by atoms with van der Waals surface area (Å²) in [6, 6.07) is 9.65. The first-order chi connectivity index (χ1) is 14.8. The highest BCUT2D eigenvalue weighted by atomic mass is 32.2. The first-order valence-electron chi connectivity index (χ1n) is 10.2. The van der Waals surface area contributed by atoms with E-state index in [4.69, 9.17) is 4.74 Å². The van der Waals surface area contributed by atoms with Crippen LogP contribution in [0.5, 0.6) is 0 Å². The summed E-state index contributed by atoms with van der Waals surface area (Å²) in [5.41, 5.74) is 1.76. The smallest absolute Gasteiger partial charge is 0.315 e. The quantitative estimate of drug-likeness (QED) is 0.614. The van der Waals surface area contributed by atoms with Gasteiger partial charge in [-0.1, -0.05) is 30.3 Å². The maximum Gasteiger partial charge on any atom is 0.315 e. The minimum absolute atomic E-state index is 0.136. The monoisotopic (exact) mass is 446 g/mol. The molecule has 9 nitrogen and oxygen atoms in total. The van der Waals surface area contributed by atoms with Crippen molar-refractivity contribution in [2.75, 3.05) is 27.2 Å². The lowest BCUT2D eigenvalue weighted by atomic mass is 9.74. The van der Waals surface area contributed by atoms with Crippen molar-refractivity contribution in [2.24, 2.45) is 11.8 Å². The standard InChI is InChI=1S/C21H26N4O5S/c1-4-30-21(27)18-17-15(12-24(20(17)26)11-14-8-6-5-7-9-14)10-16-19(18)25(13-22-16)31(28,29)23(2)3/h5-9,13,15,17-18H,4,10-12H2,1-3H3/t15-,17-,18+/m0/s1. The van der Waals surface area contributed by atoms with E-state index in [-0.39, 0.29) is 24.1 Å². The number of nitrogens with zero attached hydrogens (tertiary/aromatic N) is 4. The predicted molar refractivity (Wildman–Crippen MR) is 112 cm³/mol. The van der Waals surface area contributed by atoms with Crippen molar-refractivity contribution >= 4 is 22.1 Å². The number of carbonyl (C=O) groups excluding carboxylic acids is 2. The predicted octanol–water partition coefficient (Wildman–Crippen LogP) is 1.02. The van der Waals surface area contributed by atoms with Crippen molar-refractivity contribution in [2.45, 2.75) is 25.8 Å². The Labute approximate surface area is 181 Å². The fourth-order valence-electron chi connectivity index (χ4n) is 4.57. The van der Waals surface area contributed by atoms with E-state index in [1.807, 2.05) is 30.3 Å². The third kappa shape index (κ3) is 3.63. The number of aromatic nitrogens is 2. The average molecular weight is 447 g/mol. The maximum atomic E-state index is 13.4. The highest BCUT2D eigenvalue weighted by Crippen LogP contribution is 2.45. The Morgan fingerprint density at radius 1 is 1.26 bits per heavy atom. The second kappa shape index (κ2) is 8.08. The van der Waals surface area contributed by atoms with Gasteiger partial charge < -0.3 is 9.64 Å². The Kier molecular flexibility index (Phi) is 5.61. The minimum atomic E-state index is -3.91. The molecule has 0 N–H and O–H groups in total. The number of imidazole rings is 1. The SMILES string of the molecule is CCOC(=O)[C@H]1c2c(ncn2S(=O)(=O)N(C)C)C[C@H]2CN(Cc3ccccc3)C(=O)[C@@H]21. The molecular formula is C21H26N4O5S. The first-order valence-corrected chi connectivity index (χ1v) is 11.6. The molecule has 2 aliphatic rings. The molecule has 1 aromatic carbocycles. The molecule has 31 heavy (non-hydrogen) atoms. The fourth-order valence-corrected chi connectivity index (χ4v) is 5.56. The highest BCUT2D eigenvalue weighted by Gasteiger charge is 2.54. The molecule has 10 heteroatoms. The summed E-state index contributed by atoms with van der Waals surface area (Å²) < 4.78 is 33.1. The van der Waals surface area contributed by atoms with Gasteiger partial charge in [-0.15, -0.1) is 0 Å². The van der Waals surface area contributed by atoms with Gasteiger partial charge in [-0.3, -0.25) is 9.59 Å². The van der Waals surface area contributed by atoms with Crippen molar-refractivity contribution in [3.8, 4) is 0 Å². The van der Waals surface area contributed by atoms with Crippen LogP contribution in [0.2, 0.25) is 0 Å². The van der Waals surface area contributed by atoms with Crippen LogP contribution in [-0.4, -0.2) is 65.7 Å². The molecule has 0 saturated carbocycles. The zero-order valence-electron chi connectivity index (χ0n) is 17.8. The Balaban J connectivity index is 1.75. The number of rotatable bonds is 6. The zero-order chi connectivity index (χ0) is 22.3. The lowest BCUT2D eigenvalue weighted by Crippen LogP contribution is -2.40. The van der Waals surface area contributed by atoms with Gasteiger partial charge in [-0.2, -0.15) is 12.7 Å². The molecule has 0 unspecified atom stereocenters. The molecule has 1 aromatic heterocycles. The third-order valence-corrected chi connectivity index (χ3v) is 7.70. The van der Waals surface area contributed by atoms with Crippen LogP contribution in [0.25, 0.3) is 0 Å². The number of fused-ring (bicyclic) bond motifs is 2. The topological polar surface area (TPSA) is 102 Å². The van der Waals surface area contributed by atoms with E-state index in [1.54, 1.807) is 11.8 Å². The van der Waals surface area contributed by atoms with Crippen molar-refractivity contribution in [3.63, 3.8) is 0 Å². The largest absolute Gasteiger partial charge is 0.465 e. The van der Waals surface area contributed by atoms with Gasteiger partial charge in [0.1, 0.15) is 12.2 Å². The van der Waals surface area contributed by atoms with Crippen LogP contribution in [0.15, 0.2) is 36.7 Å². The number of likely N-dealkylation sites (tertiary alicyclic amines) is 1. The van der Waals surface area contributed by atoms with Gasteiger partial charge in [0.2, 0.25) is 5.91 Å². The summed E-state index contributed by atoms with van der Waals surface area (Å²) in [6.45, 7) is 2.75. The van der Waals surface area contributed by atoms with E-state index in [0.717, 1.165) is 13.8 Å². The van der Waals surface area contributed by atoms with Gasteiger partial charge in [0, 0.05) is 27.2 Å². The summed E-state index contributed by atoms with van der Waals surface area (Å²) in [4.78, 5) is 32.5. The van der Waals surface area contributed by atoms with Crippen molar-refractivity contribution in [3.05, 3.63) is 53.6 Å². The molecule has 1 saturated heterocycles. The maximum absolute atomic E-state index is 13.4. The van der Waals surface area contributed by atoms with Crippen molar-refractivity contribution in [1.29, 1.82) is 0 Å². The molecule has 1 fully saturated rings. The summed E-state index contributed by atoms with van der Waals surface area (Å²) in [7, 11) is -1.09. The molecule has 3 atom stereocenters. The molecule has 0 bridgehead atoms. The van der Waals surface area contributed by atoms with Crippen LogP contribution in [-0.2, 0) is 37.5 Å². The van der Waals surface area contributed by atoms with Crippen molar-refractivity contribution in [1.82, 2.24) is 18.2 Å². The molecule has 1 amide bonds. The minimum Gasteiger partial charge on any atom is -0.465 e. The summed E-state index contributed by atoms with van der Waals surface area (Å²) in [5.74, 6) is -2.58. The number of benzene rings is 1. The number of ether oxygens (including phenoxy) is 1. The van der Waals surface area contributed by atoms with E-state index in [9.17, 15) is 18.0 Å². The van der Waals surface area contributed by atoms with Gasteiger partial charge in [-0.25, -0.2) is 8.96 Å². The molecule has 2 heterocycles. The van der Waals surface area contributed by atoms with Crippen LogP contribution in [0, 0.1) is 11.8 Å². The highest BCUT2D eigenvalue weighted by molar-refractivity contribution is 7.87. The van der Waals surface area contributed by atoms with Gasteiger partial charge >= 0.3 is 16.2 Å². The Hall–Kier alpha value is -2.72. The number of amides is 1. The Bertz CT molecular complexity index is 1100. The Morgan fingerprint density at radius 3 is 2.61 bits per heavy atom. The van der Waals surface area contributed by atoms with Crippen molar-refractivity contribution < 1.29 is 22.7 Å². The van der Waals surface area contributed by atoms with Gasteiger partial charge in [0.15, 0.2) is 0 Å². The summed E-state index contributed by atoms with van der Waals surface area (Å²) in [6.07, 6.45) is 1.66. The van der Waals surface area contributed by atoms with E-state index >= 15 is 0 Å². The van der Waals surface area contributed by atoms with Gasteiger partial charge in [0.25, 0.3) is 0 Å². The van der Waals surface area contributed by atoms with Gasteiger partial charge in [-0.05, 0) is 24.8 Å². The van der Waals surface area contributed by atoms with E-state index in [1.165, 1.54) is 20.4 Å². The van der Waals surface area contributed by atoms with Crippen LogP contribution < -0.4 is 0 Å². The summed E-state index contributed by atoms with van der Waals surface area (Å²) in [5, 5.41) is 0. The number of hydrogen-bond acceptors (Lipinski definition) is 6. The molecule has 2 aromatic rings. The Morgan fingerprint density at radius 2 is 1.97 bits per heavy atom. The average Bonchev–Trinajstić information content (AvgIpc) is 3.29. The lowest BCUT2D eigenvalue weighted by molar-refractivity contribution is -0.150. The first kappa shape index (κ1) is 21.5. The van der Waals surface area contributed by atoms with Crippen LogP contribution >= 0.6 is 0 Å². The third-order valence-electron chi connectivity index (χ3n) is 5.99. The van der Waals surface area contributed by atoms with E-state index in [2.05, 4.69) is 4.98 Å². The number of hydrogen-bond donors (Lipinski definition) is 0. The number of carbonyl (C=O) groups is 2. The molecule has 4 rings (SSSR count). The molecular weight excluding hydrogens is 420 g/mol. The lowest BCUT2D eigenvalue weighted by Gasteiger charge is -2.31. The second-order valence-corrected chi connectivity index (χ2v) is 10.1. The van der Waals surface area contributed by atoms with Gasteiger partial charge in [0.05, 0.1) is 23.9 Å². The summed E-state index contributed by atoms with van der Waals surface area (Å²) >= 11 is 0. The van der Waals surface area contributed by atoms with E-state index in [0.29, 0.717) is 25.2 Å². The van der Waals surface area contributed by atoms with Crippen LogP contribution in [0.4, 0.5) is 0 Å². The molecule has 1 aliphatic carbocycles. The zero-order valence-corrected chi connectivity index (χ0v) is 18.6. The fraction of sp³-hybridized carbons (Fsp3) is 0.476. The molecule has 0 radical (unpaired) electrons. The normalized spacial score (nSPS) is 23.0. The van der Waals surface area contributed by atoms with Crippen LogP contribution in [0.1, 0.15) is 29.8 Å². The van der Waals surface area contributed by atoms with E-state index < -0.39 is 28.0 Å². The molecule has 0 spiro atoms. The second-order valence-electron chi connectivity index (χ2n) is 8.09.